The number of nitrogens with zero attached hydrogens (tertiary/aromatic N) is 2. The molecule has 0 aliphatic carbocycles. The molecule has 2 N–H and O–H groups in total. The lowest BCUT2D eigenvalue weighted by Gasteiger charge is -2.23. The molecule has 5 aromatic rings. The van der Waals surface area contributed by atoms with E-state index in [1.807, 2.05) is 60.7 Å². The molecule has 6 rings (SSSR count). The lowest BCUT2D eigenvalue weighted by molar-refractivity contribution is 0.0762. The van der Waals surface area contributed by atoms with Crippen LogP contribution in [0.4, 0.5) is 4.39 Å². The number of hydrogen-bond donors (Lipinski definition) is 2. The Bertz CT molecular complexity index is 1880. The Labute approximate surface area is 260 Å². The minimum absolute atomic E-state index is 0.00309. The van der Waals surface area contributed by atoms with Gasteiger partial charge in [-0.25, -0.2) is 4.39 Å². The number of halogens is 1. The second-order valence-electron chi connectivity index (χ2n) is 10.6. The van der Waals surface area contributed by atoms with E-state index in [-0.39, 0.29) is 53.9 Å². The Morgan fingerprint density at radius 3 is 2.20 bits per heavy atom. The smallest absolute Gasteiger partial charge is 0.382 e. The van der Waals surface area contributed by atoms with Gasteiger partial charge in [-0.05, 0) is 48.0 Å². The Hall–Kier alpha value is -4.84. The van der Waals surface area contributed by atoms with Gasteiger partial charge in [0.25, 0.3) is 5.91 Å². The van der Waals surface area contributed by atoms with Crippen LogP contribution in [0.5, 0.6) is 11.5 Å². The van der Waals surface area contributed by atoms with E-state index in [1.165, 1.54) is 12.1 Å². The molecule has 0 saturated carbocycles. The highest BCUT2D eigenvalue weighted by atomic mass is 32.2. The first kappa shape index (κ1) is 30.2. The van der Waals surface area contributed by atoms with Crippen LogP contribution in [0.3, 0.4) is 0 Å². The van der Waals surface area contributed by atoms with Crippen molar-refractivity contribution in [2.24, 2.45) is 0 Å². The summed E-state index contributed by atoms with van der Waals surface area (Å²) < 4.78 is 54.8. The summed E-state index contributed by atoms with van der Waals surface area (Å²) in [7, 11) is -2.56. The zero-order valence-electron chi connectivity index (χ0n) is 24.4. The standard InChI is InChI=1S/C34H31FN4O5S/c1-36-19-20-38-45(41,42)44-32-27-13-8-18-37-30(27)33(43-31(24-9-4-2-5-10-24)25-11-6-3-7-12-25)29-28(32)22-39(34(29)40)21-23-14-16-26(35)17-15-23/h2-18,31,36,38H,19-22H2,1H3. The van der Waals surface area contributed by atoms with Crippen molar-refractivity contribution in [3.05, 3.63) is 137 Å². The third-order valence-electron chi connectivity index (χ3n) is 7.49. The number of carbonyl (C=O) groups is 1. The van der Waals surface area contributed by atoms with E-state index < -0.39 is 16.4 Å². The number of rotatable bonds is 12. The fourth-order valence-electron chi connectivity index (χ4n) is 5.39. The van der Waals surface area contributed by atoms with Gasteiger partial charge in [0.1, 0.15) is 17.4 Å². The summed E-state index contributed by atoms with van der Waals surface area (Å²) in [6.45, 7) is 0.684. The SMILES string of the molecule is CNCCNS(=O)(=O)Oc1c2c(c(OC(c3ccccc3)c3ccccc3)c3ncccc13)C(=O)N(Cc1ccc(F)cc1)C2. The van der Waals surface area contributed by atoms with Gasteiger partial charge < -0.3 is 19.1 Å². The molecule has 11 heteroatoms. The highest BCUT2D eigenvalue weighted by Gasteiger charge is 2.38. The molecule has 1 aliphatic rings. The summed E-state index contributed by atoms with van der Waals surface area (Å²) in [6, 6.07) is 28.5. The average molecular weight is 627 g/mol. The highest BCUT2D eigenvalue weighted by molar-refractivity contribution is 7.85. The van der Waals surface area contributed by atoms with Crippen molar-refractivity contribution in [2.75, 3.05) is 20.1 Å². The number of ether oxygens (including phenoxy) is 1. The van der Waals surface area contributed by atoms with Crippen molar-refractivity contribution in [3.63, 3.8) is 0 Å². The van der Waals surface area contributed by atoms with E-state index in [4.69, 9.17) is 8.92 Å². The van der Waals surface area contributed by atoms with E-state index in [0.717, 1.165) is 11.1 Å². The third-order valence-corrected chi connectivity index (χ3v) is 8.44. The molecule has 4 aromatic carbocycles. The van der Waals surface area contributed by atoms with E-state index in [0.29, 0.717) is 23.1 Å². The van der Waals surface area contributed by atoms with Crippen LogP contribution in [-0.2, 0) is 23.4 Å². The quantitative estimate of drug-likeness (QED) is 0.185. The van der Waals surface area contributed by atoms with Gasteiger partial charge in [0.05, 0.1) is 12.1 Å². The monoisotopic (exact) mass is 626 g/mol. The van der Waals surface area contributed by atoms with Gasteiger partial charge in [-0.2, -0.15) is 13.1 Å². The molecular formula is C34H31FN4O5S. The second-order valence-corrected chi connectivity index (χ2v) is 11.9. The van der Waals surface area contributed by atoms with Crippen molar-refractivity contribution in [1.82, 2.24) is 19.9 Å². The molecule has 45 heavy (non-hydrogen) atoms. The number of pyridine rings is 1. The molecule has 0 atom stereocenters. The number of carbonyl (C=O) groups excluding carboxylic acids is 1. The Morgan fingerprint density at radius 1 is 0.889 bits per heavy atom. The first-order valence-corrected chi connectivity index (χ1v) is 15.8. The number of nitrogens with one attached hydrogen (secondary N) is 2. The van der Waals surface area contributed by atoms with E-state index in [1.54, 1.807) is 42.4 Å². The van der Waals surface area contributed by atoms with Crippen molar-refractivity contribution < 1.29 is 26.5 Å². The Balaban J connectivity index is 1.51. The van der Waals surface area contributed by atoms with Gasteiger partial charge in [-0.1, -0.05) is 72.8 Å². The number of amides is 1. The van der Waals surface area contributed by atoms with Crippen LogP contribution in [-0.4, -0.2) is 44.3 Å². The second kappa shape index (κ2) is 13.0. The van der Waals surface area contributed by atoms with E-state index in [9.17, 15) is 17.6 Å². The van der Waals surface area contributed by atoms with Crippen molar-refractivity contribution in [1.29, 1.82) is 0 Å². The predicted molar refractivity (Wildman–Crippen MR) is 169 cm³/mol. The van der Waals surface area contributed by atoms with Crippen LogP contribution >= 0.6 is 0 Å². The fourth-order valence-corrected chi connectivity index (χ4v) is 6.21. The number of hydrogen-bond acceptors (Lipinski definition) is 7. The first-order valence-electron chi connectivity index (χ1n) is 14.4. The Kier molecular flexibility index (Phi) is 8.74. The molecular weight excluding hydrogens is 595 g/mol. The molecule has 0 radical (unpaired) electrons. The molecule has 0 bridgehead atoms. The summed E-state index contributed by atoms with van der Waals surface area (Å²) in [4.78, 5) is 20.4. The van der Waals surface area contributed by atoms with Crippen molar-refractivity contribution >= 4 is 27.1 Å². The van der Waals surface area contributed by atoms with Crippen molar-refractivity contribution in [2.45, 2.75) is 19.2 Å². The maximum absolute atomic E-state index is 14.2. The van der Waals surface area contributed by atoms with Crippen LogP contribution in [0.25, 0.3) is 10.9 Å². The maximum atomic E-state index is 14.2. The van der Waals surface area contributed by atoms with E-state index in [2.05, 4.69) is 15.0 Å². The largest absolute Gasteiger partial charge is 0.478 e. The van der Waals surface area contributed by atoms with Crippen molar-refractivity contribution in [3.8, 4) is 11.5 Å². The van der Waals surface area contributed by atoms with Crippen LogP contribution in [0.2, 0.25) is 0 Å². The van der Waals surface area contributed by atoms with Crippen LogP contribution in [0, 0.1) is 5.82 Å². The number of aromatic nitrogens is 1. The minimum Gasteiger partial charge on any atom is -0.478 e. The molecule has 1 amide bonds. The van der Waals surface area contributed by atoms with Gasteiger partial charge in [0, 0.05) is 36.8 Å². The van der Waals surface area contributed by atoms with Gasteiger partial charge in [0.2, 0.25) is 0 Å². The summed E-state index contributed by atoms with van der Waals surface area (Å²) in [6.07, 6.45) is 0.945. The van der Waals surface area contributed by atoms with Crippen LogP contribution in [0.1, 0.15) is 38.7 Å². The molecule has 0 saturated heterocycles. The number of benzene rings is 4. The Morgan fingerprint density at radius 2 is 1.56 bits per heavy atom. The fraction of sp³-hybridized carbons (Fsp3) is 0.176. The zero-order valence-corrected chi connectivity index (χ0v) is 25.3. The molecule has 0 unspecified atom stereocenters. The normalized spacial score (nSPS) is 13.0. The van der Waals surface area contributed by atoms with Crippen LogP contribution in [0.15, 0.2) is 103 Å². The van der Waals surface area contributed by atoms with E-state index >= 15 is 0 Å². The lowest BCUT2D eigenvalue weighted by Crippen LogP contribution is -2.33. The molecule has 230 valence electrons. The average Bonchev–Trinajstić information content (AvgIpc) is 3.38. The molecule has 1 aromatic heterocycles. The summed E-state index contributed by atoms with van der Waals surface area (Å²) >= 11 is 0. The number of fused-ring (bicyclic) bond motifs is 2. The summed E-state index contributed by atoms with van der Waals surface area (Å²) in [5.74, 6) is -0.550. The third kappa shape index (κ3) is 6.51. The zero-order chi connectivity index (χ0) is 31.4. The maximum Gasteiger partial charge on any atom is 0.382 e. The topological polar surface area (TPSA) is 110 Å². The van der Waals surface area contributed by atoms with Gasteiger partial charge in [-0.3, -0.25) is 9.78 Å². The highest BCUT2D eigenvalue weighted by Crippen LogP contribution is 2.46. The van der Waals surface area contributed by atoms with Gasteiger partial charge in [-0.15, -0.1) is 0 Å². The molecule has 0 spiro atoms. The molecule has 9 nitrogen and oxygen atoms in total. The predicted octanol–water partition coefficient (Wildman–Crippen LogP) is 5.13. The van der Waals surface area contributed by atoms with Gasteiger partial charge >= 0.3 is 10.3 Å². The first-order chi connectivity index (χ1) is 21.8. The molecule has 0 fully saturated rings. The number of likely N-dealkylation sites (N-methyl/N-ethyl adjacent to an activating group) is 1. The molecule has 1 aliphatic heterocycles. The van der Waals surface area contributed by atoms with Gasteiger partial charge in [0.15, 0.2) is 11.5 Å². The lowest BCUT2D eigenvalue weighted by atomic mass is 9.99. The summed E-state index contributed by atoms with van der Waals surface area (Å²) in [5, 5.41) is 3.26. The molecule has 2 heterocycles. The van der Waals surface area contributed by atoms with Crippen LogP contribution < -0.4 is 19.0 Å². The minimum atomic E-state index is -4.27. The summed E-state index contributed by atoms with van der Waals surface area (Å²) in [5.41, 5.74) is 3.22.